The van der Waals surface area contributed by atoms with Crippen LogP contribution in [-0.2, 0) is 9.53 Å². The van der Waals surface area contributed by atoms with Crippen LogP contribution in [0.25, 0.3) is 0 Å². The fourth-order valence-electron chi connectivity index (χ4n) is 1.23. The Morgan fingerprint density at radius 3 is 2.75 bits per heavy atom. The molecule has 3 nitrogen and oxygen atoms in total. The highest BCUT2D eigenvalue weighted by Crippen LogP contribution is 2.22. The molecule has 1 rings (SSSR count). The predicted molar refractivity (Wildman–Crippen MR) is 47.3 cm³/mol. The molecule has 1 saturated heterocycles. The first kappa shape index (κ1) is 9.81. The lowest BCUT2D eigenvalue weighted by Crippen LogP contribution is -2.35. The Kier molecular flexibility index (Phi) is 3.35. The summed E-state index contributed by atoms with van der Waals surface area (Å²) in [5, 5.41) is -0.414. The molecule has 0 N–H and O–H groups in total. The molecule has 1 amide bonds. The molecule has 4 heteroatoms. The predicted octanol–water partition coefficient (Wildman–Crippen LogP) is 0.718. The molecular weight excluding hydrogens is 178 g/mol. The van der Waals surface area contributed by atoms with Gasteiger partial charge in [-0.05, 0) is 6.42 Å². The van der Waals surface area contributed by atoms with Crippen LogP contribution in [0.15, 0.2) is 0 Å². The molecule has 1 fully saturated rings. The molecule has 0 aromatic carbocycles. The van der Waals surface area contributed by atoms with Crippen molar-refractivity contribution in [3.05, 3.63) is 0 Å². The van der Waals surface area contributed by atoms with Gasteiger partial charge in [0, 0.05) is 26.6 Å². The smallest absolute Gasteiger partial charge is 0.240 e. The normalized spacial score (nSPS) is 25.4. The number of alkyl halides is 1. The molecule has 12 heavy (non-hydrogen) atoms. The van der Waals surface area contributed by atoms with E-state index in [1.807, 2.05) is 0 Å². The Morgan fingerprint density at radius 2 is 2.33 bits per heavy atom. The molecule has 1 aliphatic rings. The molecule has 0 aliphatic carbocycles. The number of amides is 1. The second-order valence-corrected chi connectivity index (χ2v) is 3.73. The lowest BCUT2D eigenvalue weighted by Gasteiger charge is -2.18. The number of hydrogen-bond acceptors (Lipinski definition) is 2. The number of ether oxygens (including phenoxy) is 1. The highest BCUT2D eigenvalue weighted by Gasteiger charge is 2.30. The Hall–Kier alpha value is -0.280. The van der Waals surface area contributed by atoms with E-state index in [1.165, 1.54) is 4.90 Å². The van der Waals surface area contributed by atoms with Crippen molar-refractivity contribution in [2.45, 2.75) is 11.8 Å². The third kappa shape index (κ3) is 2.11. The molecule has 1 heterocycles. The Balaban J connectivity index is 2.45. The van der Waals surface area contributed by atoms with Crippen molar-refractivity contribution >= 4 is 17.5 Å². The van der Waals surface area contributed by atoms with E-state index in [2.05, 4.69) is 0 Å². The highest BCUT2D eigenvalue weighted by molar-refractivity contribution is 6.30. The van der Waals surface area contributed by atoms with Crippen molar-refractivity contribution in [2.75, 3.05) is 27.3 Å². The van der Waals surface area contributed by atoms with Crippen LogP contribution in [0.5, 0.6) is 0 Å². The van der Waals surface area contributed by atoms with E-state index in [-0.39, 0.29) is 11.8 Å². The molecule has 0 spiro atoms. The molecule has 1 aliphatic heterocycles. The third-order valence-corrected chi connectivity index (χ3v) is 2.60. The van der Waals surface area contributed by atoms with Gasteiger partial charge < -0.3 is 9.64 Å². The van der Waals surface area contributed by atoms with E-state index >= 15 is 0 Å². The van der Waals surface area contributed by atoms with Crippen LogP contribution < -0.4 is 0 Å². The van der Waals surface area contributed by atoms with Crippen LogP contribution in [0.1, 0.15) is 6.42 Å². The van der Waals surface area contributed by atoms with E-state index in [9.17, 15) is 4.79 Å². The van der Waals surface area contributed by atoms with Gasteiger partial charge in [-0.15, -0.1) is 11.6 Å². The minimum absolute atomic E-state index is 0.0211. The summed E-state index contributed by atoms with van der Waals surface area (Å²) >= 11 is 5.96. The minimum atomic E-state index is -0.414. The summed E-state index contributed by atoms with van der Waals surface area (Å²) in [7, 11) is 3.43. The van der Waals surface area contributed by atoms with Gasteiger partial charge in [0.25, 0.3) is 0 Å². The molecule has 70 valence electrons. The summed E-state index contributed by atoms with van der Waals surface area (Å²) in [5.74, 6) is 0.175. The number of rotatable bonds is 2. The van der Waals surface area contributed by atoms with Crippen molar-refractivity contribution in [1.29, 1.82) is 0 Å². The Bertz CT molecular complexity index is 166. The maximum absolute atomic E-state index is 11.4. The fourth-order valence-corrected chi connectivity index (χ4v) is 1.63. The first-order valence-corrected chi connectivity index (χ1v) is 4.49. The maximum Gasteiger partial charge on any atom is 0.240 e. The van der Waals surface area contributed by atoms with Gasteiger partial charge in [0.2, 0.25) is 5.91 Å². The molecule has 2 atom stereocenters. The molecular formula is C8H14ClNO2. The van der Waals surface area contributed by atoms with Gasteiger partial charge in [-0.25, -0.2) is 0 Å². The largest absolute Gasteiger partial charge is 0.381 e. The zero-order chi connectivity index (χ0) is 9.14. The first-order valence-electron chi connectivity index (χ1n) is 4.06. The Morgan fingerprint density at radius 1 is 1.67 bits per heavy atom. The standard InChI is InChI=1S/C8H14ClNO2/c1-10(2)8(11)7(9)6-3-4-12-5-6/h6-7H,3-5H2,1-2H3. The lowest BCUT2D eigenvalue weighted by molar-refractivity contribution is -0.129. The Labute approximate surface area is 77.6 Å². The van der Waals surface area contributed by atoms with E-state index in [1.54, 1.807) is 14.1 Å². The van der Waals surface area contributed by atoms with Gasteiger partial charge in [-0.3, -0.25) is 4.79 Å². The summed E-state index contributed by atoms with van der Waals surface area (Å²) in [4.78, 5) is 12.9. The number of nitrogens with zero attached hydrogens (tertiary/aromatic N) is 1. The second kappa shape index (κ2) is 4.10. The average Bonchev–Trinajstić information content (AvgIpc) is 2.53. The van der Waals surface area contributed by atoms with Crippen LogP contribution in [0, 0.1) is 5.92 Å². The molecule has 0 aromatic heterocycles. The molecule has 0 aromatic rings. The highest BCUT2D eigenvalue weighted by atomic mass is 35.5. The average molecular weight is 192 g/mol. The van der Waals surface area contributed by atoms with Crippen molar-refractivity contribution in [2.24, 2.45) is 5.92 Å². The van der Waals surface area contributed by atoms with Gasteiger partial charge in [-0.2, -0.15) is 0 Å². The number of carbonyl (C=O) groups excluding carboxylic acids is 1. The van der Waals surface area contributed by atoms with Crippen LogP contribution >= 0.6 is 11.6 Å². The quantitative estimate of drug-likeness (QED) is 0.602. The zero-order valence-corrected chi connectivity index (χ0v) is 8.17. The van der Waals surface area contributed by atoms with E-state index < -0.39 is 5.38 Å². The lowest BCUT2D eigenvalue weighted by atomic mass is 10.0. The monoisotopic (exact) mass is 191 g/mol. The SMILES string of the molecule is CN(C)C(=O)C(Cl)C1CCOC1. The summed E-state index contributed by atoms with van der Waals surface area (Å²) < 4.78 is 5.15. The number of halogens is 1. The van der Waals surface area contributed by atoms with Crippen molar-refractivity contribution in [1.82, 2.24) is 4.90 Å². The van der Waals surface area contributed by atoms with Crippen molar-refractivity contribution in [3.8, 4) is 0 Å². The maximum atomic E-state index is 11.4. The van der Waals surface area contributed by atoms with Crippen LogP contribution in [-0.4, -0.2) is 43.5 Å². The summed E-state index contributed by atoms with van der Waals surface area (Å²) in [6, 6.07) is 0. The van der Waals surface area contributed by atoms with Crippen LogP contribution in [0.3, 0.4) is 0 Å². The molecule has 0 bridgehead atoms. The second-order valence-electron chi connectivity index (χ2n) is 3.26. The topological polar surface area (TPSA) is 29.5 Å². The van der Waals surface area contributed by atoms with Gasteiger partial charge in [0.15, 0.2) is 0 Å². The van der Waals surface area contributed by atoms with Crippen LogP contribution in [0.2, 0.25) is 0 Å². The van der Waals surface area contributed by atoms with E-state index in [0.29, 0.717) is 6.61 Å². The van der Waals surface area contributed by atoms with Gasteiger partial charge in [0.1, 0.15) is 5.38 Å². The summed E-state index contributed by atoms with van der Waals surface area (Å²) in [6.07, 6.45) is 0.897. The minimum Gasteiger partial charge on any atom is -0.381 e. The van der Waals surface area contributed by atoms with Gasteiger partial charge in [0.05, 0.1) is 6.61 Å². The first-order chi connectivity index (χ1) is 5.63. The molecule has 0 saturated carbocycles. The molecule has 2 unspecified atom stereocenters. The number of hydrogen-bond donors (Lipinski definition) is 0. The van der Waals surface area contributed by atoms with E-state index in [4.69, 9.17) is 16.3 Å². The van der Waals surface area contributed by atoms with Gasteiger partial charge in [-0.1, -0.05) is 0 Å². The van der Waals surface area contributed by atoms with Crippen molar-refractivity contribution in [3.63, 3.8) is 0 Å². The van der Waals surface area contributed by atoms with Crippen LogP contribution in [0.4, 0.5) is 0 Å². The third-order valence-electron chi connectivity index (χ3n) is 2.06. The van der Waals surface area contributed by atoms with E-state index in [0.717, 1.165) is 13.0 Å². The fraction of sp³-hybridized carbons (Fsp3) is 0.875. The van der Waals surface area contributed by atoms with Gasteiger partial charge >= 0.3 is 0 Å². The number of carbonyl (C=O) groups is 1. The summed E-state index contributed by atoms with van der Waals surface area (Å²) in [5.41, 5.74) is 0. The molecule has 0 radical (unpaired) electrons. The summed E-state index contributed by atoms with van der Waals surface area (Å²) in [6.45, 7) is 1.35. The van der Waals surface area contributed by atoms with Crippen molar-refractivity contribution < 1.29 is 9.53 Å². The zero-order valence-electron chi connectivity index (χ0n) is 7.42.